The van der Waals surface area contributed by atoms with Gasteiger partial charge < -0.3 is 10.0 Å². The molecule has 1 N–H and O–H groups in total. The predicted octanol–water partition coefficient (Wildman–Crippen LogP) is 3.76. The Morgan fingerprint density at radius 2 is 2.04 bits per heavy atom. The lowest BCUT2D eigenvalue weighted by molar-refractivity contribution is 0.0547. The standard InChI is InChI=1S/C17H16BrClN2O2/c18-12-8-11(9-20-10-12)16-14(2-1-3-15(16)19)17(23)21-6-4-13(22)5-7-21/h1-3,8-10,13,22H,4-7H2. The fourth-order valence-corrected chi connectivity index (χ4v) is 3.43. The van der Waals surface area contributed by atoms with E-state index in [4.69, 9.17) is 11.6 Å². The number of aliphatic hydroxyl groups is 1. The Morgan fingerprint density at radius 3 is 2.74 bits per heavy atom. The van der Waals surface area contributed by atoms with Crippen molar-refractivity contribution in [3.8, 4) is 11.1 Å². The maximum absolute atomic E-state index is 12.9. The molecule has 2 aromatic rings. The van der Waals surface area contributed by atoms with E-state index in [1.165, 1.54) is 0 Å². The van der Waals surface area contributed by atoms with Crippen molar-refractivity contribution in [2.24, 2.45) is 0 Å². The van der Waals surface area contributed by atoms with Crippen LogP contribution in [0.1, 0.15) is 23.2 Å². The summed E-state index contributed by atoms with van der Waals surface area (Å²) in [5.41, 5.74) is 2.05. The quantitative estimate of drug-likeness (QED) is 0.842. The Hall–Kier alpha value is -1.43. The van der Waals surface area contributed by atoms with Gasteiger partial charge in [-0.2, -0.15) is 0 Å². The largest absolute Gasteiger partial charge is 0.393 e. The summed E-state index contributed by atoms with van der Waals surface area (Å²) in [6.07, 6.45) is 4.30. The van der Waals surface area contributed by atoms with Gasteiger partial charge in [0.15, 0.2) is 0 Å². The third-order valence-corrected chi connectivity index (χ3v) is 4.74. The van der Waals surface area contributed by atoms with Gasteiger partial charge in [0.25, 0.3) is 5.91 Å². The van der Waals surface area contributed by atoms with E-state index < -0.39 is 0 Å². The molecule has 0 saturated carbocycles. The van der Waals surface area contributed by atoms with E-state index in [2.05, 4.69) is 20.9 Å². The average molecular weight is 396 g/mol. The Labute approximate surface area is 148 Å². The summed E-state index contributed by atoms with van der Waals surface area (Å²) in [6, 6.07) is 7.23. The number of pyridine rings is 1. The zero-order valence-corrected chi connectivity index (χ0v) is 14.7. The van der Waals surface area contributed by atoms with Crippen molar-refractivity contribution >= 4 is 33.4 Å². The minimum absolute atomic E-state index is 0.0608. The molecule has 6 heteroatoms. The second kappa shape index (κ2) is 6.99. The van der Waals surface area contributed by atoms with Crippen LogP contribution in [0.4, 0.5) is 0 Å². The molecule has 23 heavy (non-hydrogen) atoms. The molecule has 0 spiro atoms. The van der Waals surface area contributed by atoms with Gasteiger partial charge in [0.1, 0.15) is 0 Å². The molecule has 0 radical (unpaired) electrons. The van der Waals surface area contributed by atoms with Gasteiger partial charge >= 0.3 is 0 Å². The van der Waals surface area contributed by atoms with E-state index in [-0.39, 0.29) is 12.0 Å². The summed E-state index contributed by atoms with van der Waals surface area (Å²) < 4.78 is 0.828. The number of piperidine rings is 1. The summed E-state index contributed by atoms with van der Waals surface area (Å²) in [5, 5.41) is 10.1. The number of benzene rings is 1. The van der Waals surface area contributed by atoms with Crippen molar-refractivity contribution in [2.45, 2.75) is 18.9 Å². The molecule has 1 aromatic carbocycles. The summed E-state index contributed by atoms with van der Waals surface area (Å²) in [5.74, 6) is -0.0608. The molecule has 120 valence electrons. The number of carbonyl (C=O) groups excluding carboxylic acids is 1. The average Bonchev–Trinajstić information content (AvgIpc) is 2.54. The lowest BCUT2D eigenvalue weighted by Crippen LogP contribution is -2.40. The lowest BCUT2D eigenvalue weighted by Gasteiger charge is -2.30. The molecule has 0 aliphatic carbocycles. The summed E-state index contributed by atoms with van der Waals surface area (Å²) in [7, 11) is 0. The smallest absolute Gasteiger partial charge is 0.254 e. The first-order valence-electron chi connectivity index (χ1n) is 7.43. The van der Waals surface area contributed by atoms with Crippen molar-refractivity contribution in [3.05, 3.63) is 51.7 Å². The number of likely N-dealkylation sites (tertiary alicyclic amines) is 1. The molecule has 1 aliphatic heterocycles. The second-order valence-electron chi connectivity index (χ2n) is 5.58. The first-order valence-corrected chi connectivity index (χ1v) is 8.60. The molecule has 1 amide bonds. The molecule has 0 unspecified atom stereocenters. The van der Waals surface area contributed by atoms with Crippen molar-refractivity contribution < 1.29 is 9.90 Å². The highest BCUT2D eigenvalue weighted by Gasteiger charge is 2.25. The highest BCUT2D eigenvalue weighted by atomic mass is 79.9. The van der Waals surface area contributed by atoms with Crippen LogP contribution in [0, 0.1) is 0 Å². The van der Waals surface area contributed by atoms with E-state index in [1.807, 2.05) is 6.07 Å². The fourth-order valence-electron chi connectivity index (χ4n) is 2.78. The Kier molecular flexibility index (Phi) is 4.99. The number of halogens is 2. The number of amides is 1. The normalized spacial score (nSPS) is 15.7. The molecule has 1 aromatic heterocycles. The minimum Gasteiger partial charge on any atom is -0.393 e. The third kappa shape index (κ3) is 3.57. The van der Waals surface area contributed by atoms with Crippen LogP contribution in [0.25, 0.3) is 11.1 Å². The van der Waals surface area contributed by atoms with Gasteiger partial charge in [-0.15, -0.1) is 0 Å². The van der Waals surface area contributed by atoms with Crippen LogP contribution in [0.3, 0.4) is 0 Å². The molecule has 3 rings (SSSR count). The highest BCUT2D eigenvalue weighted by Crippen LogP contribution is 2.33. The van der Waals surface area contributed by atoms with Gasteiger partial charge in [-0.05, 0) is 47.0 Å². The van der Waals surface area contributed by atoms with E-state index in [9.17, 15) is 9.90 Å². The van der Waals surface area contributed by atoms with Crippen molar-refractivity contribution in [1.29, 1.82) is 0 Å². The zero-order chi connectivity index (χ0) is 16.4. The van der Waals surface area contributed by atoms with E-state index >= 15 is 0 Å². The van der Waals surface area contributed by atoms with Crippen LogP contribution in [0.2, 0.25) is 5.02 Å². The summed E-state index contributed by atoms with van der Waals surface area (Å²) in [6.45, 7) is 1.12. The highest BCUT2D eigenvalue weighted by molar-refractivity contribution is 9.10. The SMILES string of the molecule is O=C(c1cccc(Cl)c1-c1cncc(Br)c1)N1CCC(O)CC1. The minimum atomic E-state index is -0.313. The van der Waals surface area contributed by atoms with Crippen LogP contribution >= 0.6 is 27.5 Å². The van der Waals surface area contributed by atoms with E-state index in [0.29, 0.717) is 42.1 Å². The van der Waals surface area contributed by atoms with Gasteiger partial charge in [-0.1, -0.05) is 17.7 Å². The summed E-state index contributed by atoms with van der Waals surface area (Å²) >= 11 is 9.77. The van der Waals surface area contributed by atoms with Gasteiger partial charge in [-0.3, -0.25) is 9.78 Å². The van der Waals surface area contributed by atoms with Gasteiger partial charge in [0.05, 0.1) is 6.10 Å². The molecule has 2 heterocycles. The molecular formula is C17H16BrClN2O2. The number of aromatic nitrogens is 1. The first kappa shape index (κ1) is 16.4. The van der Waals surface area contributed by atoms with Crippen LogP contribution in [0.15, 0.2) is 41.1 Å². The first-order chi connectivity index (χ1) is 11.1. The van der Waals surface area contributed by atoms with E-state index in [1.54, 1.807) is 35.5 Å². The van der Waals surface area contributed by atoms with Crippen molar-refractivity contribution in [2.75, 3.05) is 13.1 Å². The number of hydrogen-bond donors (Lipinski definition) is 1. The van der Waals surface area contributed by atoms with Crippen molar-refractivity contribution in [3.63, 3.8) is 0 Å². The van der Waals surface area contributed by atoms with Crippen LogP contribution in [-0.4, -0.2) is 40.1 Å². The Balaban J connectivity index is 2.00. The maximum Gasteiger partial charge on any atom is 0.254 e. The summed E-state index contributed by atoms with van der Waals surface area (Å²) in [4.78, 5) is 18.8. The zero-order valence-electron chi connectivity index (χ0n) is 12.4. The fraction of sp³-hybridized carbons (Fsp3) is 0.294. The number of nitrogens with zero attached hydrogens (tertiary/aromatic N) is 2. The number of hydrogen-bond acceptors (Lipinski definition) is 3. The molecule has 0 bridgehead atoms. The number of rotatable bonds is 2. The Morgan fingerprint density at radius 1 is 1.30 bits per heavy atom. The topological polar surface area (TPSA) is 53.4 Å². The molecule has 1 aliphatic rings. The second-order valence-corrected chi connectivity index (χ2v) is 6.90. The van der Waals surface area contributed by atoms with Gasteiger partial charge in [0, 0.05) is 51.7 Å². The lowest BCUT2D eigenvalue weighted by atomic mass is 9.99. The van der Waals surface area contributed by atoms with Crippen molar-refractivity contribution in [1.82, 2.24) is 9.88 Å². The molecule has 4 nitrogen and oxygen atoms in total. The molecular weight excluding hydrogens is 380 g/mol. The van der Waals surface area contributed by atoms with Gasteiger partial charge in [-0.25, -0.2) is 0 Å². The maximum atomic E-state index is 12.9. The monoisotopic (exact) mass is 394 g/mol. The third-order valence-electron chi connectivity index (χ3n) is 3.99. The predicted molar refractivity (Wildman–Crippen MR) is 93.5 cm³/mol. The van der Waals surface area contributed by atoms with Crippen LogP contribution in [-0.2, 0) is 0 Å². The Bertz CT molecular complexity index is 730. The van der Waals surface area contributed by atoms with E-state index in [0.717, 1.165) is 10.0 Å². The number of aliphatic hydroxyl groups excluding tert-OH is 1. The van der Waals surface area contributed by atoms with Crippen LogP contribution in [0.5, 0.6) is 0 Å². The molecule has 1 fully saturated rings. The van der Waals surface area contributed by atoms with Gasteiger partial charge in [0.2, 0.25) is 0 Å². The molecule has 1 saturated heterocycles. The molecule has 0 atom stereocenters. The number of carbonyl (C=O) groups is 1. The van der Waals surface area contributed by atoms with Crippen LogP contribution < -0.4 is 0 Å².